The van der Waals surface area contributed by atoms with Crippen molar-refractivity contribution in [1.29, 1.82) is 0 Å². The van der Waals surface area contributed by atoms with E-state index in [1.165, 1.54) is 0 Å². The number of rotatable bonds is 12. The zero-order valence-corrected chi connectivity index (χ0v) is 19.5. The number of hydrogen-bond donors (Lipinski definition) is 4. The second-order valence-corrected chi connectivity index (χ2v) is 8.22. The number of phenolic OH excluding ortho intramolecular Hbond substituents is 2. The van der Waals surface area contributed by atoms with E-state index in [4.69, 9.17) is 16.6 Å². The minimum Gasteiger partial charge on any atom is -0.506 e. The molecule has 0 saturated heterocycles. The maximum absolute atomic E-state index is 14.1. The molecule has 2 rings (SSSR count). The third-order valence-corrected chi connectivity index (χ3v) is 5.30. The van der Waals surface area contributed by atoms with Gasteiger partial charge in [-0.25, -0.2) is 4.74 Å². The van der Waals surface area contributed by atoms with Crippen LogP contribution in [0, 0.1) is 0 Å². The minimum atomic E-state index is -8.02. The van der Waals surface area contributed by atoms with E-state index in [9.17, 15) is 66.6 Å². The zero-order chi connectivity index (χ0) is 32.0. The third kappa shape index (κ3) is 5.84. The van der Waals surface area contributed by atoms with Gasteiger partial charge in [-0.2, -0.15) is 61.5 Å². The Morgan fingerprint density at radius 3 is 1.54 bits per heavy atom. The lowest BCUT2D eigenvalue weighted by Gasteiger charge is -2.39. The number of benzene rings is 2. The minimum absolute atomic E-state index is 0.105. The van der Waals surface area contributed by atoms with Gasteiger partial charge in [-0.1, -0.05) is 6.07 Å². The Balaban J connectivity index is 2.33. The molecular formula is C21H16F14N2O4. The molecule has 0 aromatic heterocycles. The van der Waals surface area contributed by atoms with Gasteiger partial charge in [-0.15, -0.1) is 0 Å². The topological polar surface area (TPSA) is 111 Å². The second-order valence-electron chi connectivity index (χ2n) is 8.22. The summed E-state index contributed by atoms with van der Waals surface area (Å²) in [4.78, 5) is 0. The number of anilines is 2. The van der Waals surface area contributed by atoms with Crippen molar-refractivity contribution in [1.82, 2.24) is 0 Å². The summed E-state index contributed by atoms with van der Waals surface area (Å²) in [6, 6.07) is 2.62. The third-order valence-electron chi connectivity index (χ3n) is 5.30. The van der Waals surface area contributed by atoms with Crippen LogP contribution in [0.25, 0.3) is 0 Å². The van der Waals surface area contributed by atoms with Crippen molar-refractivity contribution in [3.63, 3.8) is 0 Å². The molecule has 0 aliphatic heterocycles. The number of nitrogens with two attached hydrogens (primary N) is 2. The van der Waals surface area contributed by atoms with Crippen molar-refractivity contribution in [2.24, 2.45) is 0 Å². The first kappa shape index (κ1) is 33.8. The summed E-state index contributed by atoms with van der Waals surface area (Å²) in [6.45, 7) is -1.68. The van der Waals surface area contributed by atoms with E-state index in [2.05, 4.69) is 4.74 Å². The van der Waals surface area contributed by atoms with Gasteiger partial charge in [0.25, 0.3) is 0 Å². The fourth-order valence-electron chi connectivity index (χ4n) is 2.92. The van der Waals surface area contributed by atoms with Crippen molar-refractivity contribution in [3.8, 4) is 11.5 Å². The van der Waals surface area contributed by atoms with Crippen molar-refractivity contribution in [2.45, 2.75) is 48.4 Å². The van der Waals surface area contributed by atoms with E-state index in [0.29, 0.717) is 0 Å². The summed E-state index contributed by atoms with van der Waals surface area (Å²) in [5.41, 5.74) is 6.51. The van der Waals surface area contributed by atoms with Gasteiger partial charge in [-0.3, -0.25) is 0 Å². The summed E-state index contributed by atoms with van der Waals surface area (Å²) < 4.78 is 200. The van der Waals surface area contributed by atoms with E-state index >= 15 is 0 Å². The molecule has 0 aliphatic rings. The molecule has 0 aliphatic carbocycles. The quantitative estimate of drug-likeness (QED) is 0.125. The average Bonchev–Trinajstić information content (AvgIpc) is 2.81. The van der Waals surface area contributed by atoms with Crippen LogP contribution < -0.4 is 11.5 Å². The molecule has 6 N–H and O–H groups in total. The molecule has 0 radical (unpaired) electrons. The number of phenols is 2. The highest BCUT2D eigenvalue weighted by atomic mass is 19.4. The van der Waals surface area contributed by atoms with Gasteiger partial charge in [0.1, 0.15) is 11.5 Å². The summed E-state index contributed by atoms with van der Waals surface area (Å²) in [5, 5.41) is 18.3. The van der Waals surface area contributed by atoms with Crippen LogP contribution in [0.5, 0.6) is 11.5 Å². The molecular weight excluding hydrogens is 610 g/mol. The van der Waals surface area contributed by atoms with E-state index in [-0.39, 0.29) is 29.4 Å². The molecule has 0 fully saturated rings. The molecule has 2 aromatic carbocycles. The maximum atomic E-state index is 14.1. The summed E-state index contributed by atoms with van der Waals surface area (Å²) in [5.74, 6) is -31.3. The lowest BCUT2D eigenvalue weighted by atomic mass is 10.0. The number of halogens is 14. The Morgan fingerprint density at radius 2 is 1.05 bits per heavy atom. The highest BCUT2D eigenvalue weighted by Gasteiger charge is 2.89. The van der Waals surface area contributed by atoms with Gasteiger partial charge in [0.2, 0.25) is 0 Å². The molecule has 20 heteroatoms. The number of ether oxygens (including phenoxy) is 2. The highest BCUT2D eigenvalue weighted by molar-refractivity contribution is 5.54. The second kappa shape index (κ2) is 10.4. The number of hydrogen-bond acceptors (Lipinski definition) is 6. The summed E-state index contributed by atoms with van der Waals surface area (Å²) in [6.07, 6.45) is -22.1. The Bertz CT molecular complexity index is 1260. The van der Waals surface area contributed by atoms with E-state index in [0.717, 1.165) is 18.2 Å². The predicted molar refractivity (Wildman–Crippen MR) is 109 cm³/mol. The monoisotopic (exact) mass is 626 g/mol. The molecule has 41 heavy (non-hydrogen) atoms. The van der Waals surface area contributed by atoms with Gasteiger partial charge in [0.15, 0.2) is 0 Å². The van der Waals surface area contributed by atoms with Crippen LogP contribution >= 0.6 is 0 Å². The van der Waals surface area contributed by atoms with Crippen LogP contribution in [0.1, 0.15) is 11.1 Å². The maximum Gasteiger partial charge on any atom is 0.430 e. The van der Waals surface area contributed by atoms with Crippen LogP contribution in [-0.2, 0) is 21.8 Å². The largest absolute Gasteiger partial charge is 0.506 e. The first-order chi connectivity index (χ1) is 18.2. The molecule has 0 saturated carbocycles. The fourth-order valence-corrected chi connectivity index (χ4v) is 2.92. The molecule has 6 nitrogen and oxygen atoms in total. The smallest absolute Gasteiger partial charge is 0.430 e. The number of nitrogen functional groups attached to an aromatic ring is 2. The SMILES string of the molecule is Nc1cc(CCOC(F)(F)C(F)(F)C(F)(F)C(F)(F)C(F)(F)OC(F)(F)C(F)(F)c2ccc(O)c(N)c2)ccc1O. The highest BCUT2D eigenvalue weighted by Crippen LogP contribution is 2.59. The van der Waals surface area contributed by atoms with Crippen LogP contribution in [0.15, 0.2) is 36.4 Å². The average molecular weight is 626 g/mol. The van der Waals surface area contributed by atoms with Crippen molar-refractivity contribution in [3.05, 3.63) is 47.5 Å². The first-order valence-corrected chi connectivity index (χ1v) is 10.4. The molecule has 0 heterocycles. The van der Waals surface area contributed by atoms with Gasteiger partial charge >= 0.3 is 42.0 Å². The molecule has 0 atom stereocenters. The van der Waals surface area contributed by atoms with Crippen molar-refractivity contribution >= 4 is 11.4 Å². The lowest BCUT2D eigenvalue weighted by molar-refractivity contribution is -0.512. The first-order valence-electron chi connectivity index (χ1n) is 10.4. The standard InChI is InChI=1S/C21H16F14N2O4/c22-15(23,10-2-4-14(39)12(37)8-10)19(30,31)41-21(34,35)18(28,29)16(24,25)17(26,27)20(32,33)40-6-5-9-1-3-13(38)11(36)7-9/h1-4,7-8,38-39H,5-6,36-37H2. The summed E-state index contributed by atoms with van der Waals surface area (Å²) in [7, 11) is 0. The number of alkyl halides is 14. The molecule has 0 amide bonds. The van der Waals surface area contributed by atoms with Crippen LogP contribution in [-0.4, -0.2) is 52.9 Å². The molecule has 0 bridgehead atoms. The zero-order valence-electron chi connectivity index (χ0n) is 19.5. The van der Waals surface area contributed by atoms with Gasteiger partial charge in [0, 0.05) is 5.56 Å². The van der Waals surface area contributed by atoms with Crippen LogP contribution in [0.2, 0.25) is 0 Å². The molecule has 0 unspecified atom stereocenters. The number of aromatic hydroxyl groups is 2. The summed E-state index contributed by atoms with van der Waals surface area (Å²) >= 11 is 0. The van der Waals surface area contributed by atoms with Gasteiger partial charge in [-0.05, 0) is 42.3 Å². The Labute approximate surface area is 219 Å². The normalized spacial score (nSPS) is 14.4. The van der Waals surface area contributed by atoms with Crippen molar-refractivity contribution in [2.75, 3.05) is 18.1 Å². The Kier molecular flexibility index (Phi) is 8.61. The Hall–Kier alpha value is -3.42. The predicted octanol–water partition coefficient (Wildman–Crippen LogP) is 6.31. The molecule has 232 valence electrons. The van der Waals surface area contributed by atoms with Crippen molar-refractivity contribution < 1.29 is 81.2 Å². The van der Waals surface area contributed by atoms with E-state index < -0.39 is 77.8 Å². The fraction of sp³-hybridized carbons (Fsp3) is 0.429. The van der Waals surface area contributed by atoms with E-state index in [1.807, 2.05) is 4.74 Å². The van der Waals surface area contributed by atoms with Gasteiger partial charge in [0.05, 0.1) is 18.0 Å². The molecule has 2 aromatic rings. The van der Waals surface area contributed by atoms with Crippen LogP contribution in [0.4, 0.5) is 72.8 Å². The van der Waals surface area contributed by atoms with E-state index in [1.54, 1.807) is 0 Å². The van der Waals surface area contributed by atoms with Gasteiger partial charge < -0.3 is 26.4 Å². The Morgan fingerprint density at radius 1 is 0.585 bits per heavy atom. The van der Waals surface area contributed by atoms with Crippen LogP contribution in [0.3, 0.4) is 0 Å². The lowest BCUT2D eigenvalue weighted by Crippen LogP contribution is -2.69. The molecule has 0 spiro atoms.